The van der Waals surface area contributed by atoms with Gasteiger partial charge in [-0.05, 0) is 62.1 Å². The molecule has 3 rings (SSSR count). The molecule has 0 aromatic heterocycles. The zero-order chi connectivity index (χ0) is 14.3. The zero-order valence-electron chi connectivity index (χ0n) is 11.5. The molecule has 2 aliphatic rings. The second-order valence-electron chi connectivity index (χ2n) is 6.23. The third-order valence-corrected chi connectivity index (χ3v) is 5.53. The van der Waals surface area contributed by atoms with E-state index < -0.39 is 0 Å². The Morgan fingerprint density at radius 2 is 2.10 bits per heavy atom. The minimum absolute atomic E-state index is 0.118. The van der Waals surface area contributed by atoms with Crippen molar-refractivity contribution in [2.24, 2.45) is 17.8 Å². The second-order valence-corrected chi connectivity index (χ2v) is 7.07. The summed E-state index contributed by atoms with van der Waals surface area (Å²) in [5.74, 6) is 2.19. The van der Waals surface area contributed by atoms with E-state index in [1.54, 1.807) is 18.2 Å². The molecule has 2 bridgehead atoms. The van der Waals surface area contributed by atoms with Gasteiger partial charge in [0.15, 0.2) is 0 Å². The first-order valence-electron chi connectivity index (χ1n) is 7.30. The minimum atomic E-state index is -0.118. The summed E-state index contributed by atoms with van der Waals surface area (Å²) >= 11 is 12.0. The summed E-state index contributed by atoms with van der Waals surface area (Å²) in [6.45, 7) is 2.11. The van der Waals surface area contributed by atoms with Crippen molar-refractivity contribution in [2.75, 3.05) is 0 Å². The largest absolute Gasteiger partial charge is 0.349 e. The van der Waals surface area contributed by atoms with E-state index in [0.29, 0.717) is 21.5 Å². The van der Waals surface area contributed by atoms with Gasteiger partial charge in [-0.25, -0.2) is 0 Å². The summed E-state index contributed by atoms with van der Waals surface area (Å²) < 4.78 is 0. The molecule has 2 nitrogen and oxygen atoms in total. The van der Waals surface area contributed by atoms with E-state index in [0.717, 1.165) is 11.8 Å². The molecule has 2 fully saturated rings. The van der Waals surface area contributed by atoms with Crippen molar-refractivity contribution in [1.29, 1.82) is 0 Å². The number of nitrogens with one attached hydrogen (secondary N) is 1. The standard InChI is InChI=1S/C16H19Cl2NO/c1-9(13-7-10-2-3-11(13)6-10)19-16(20)14-8-12(17)4-5-15(14)18/h4-5,8-11,13H,2-3,6-7H2,1H3,(H,19,20). The predicted octanol–water partition coefficient (Wildman–Crippen LogP) is 4.55. The quantitative estimate of drug-likeness (QED) is 0.872. The van der Waals surface area contributed by atoms with Crippen molar-refractivity contribution < 1.29 is 4.79 Å². The number of halogens is 2. The maximum atomic E-state index is 12.3. The van der Waals surface area contributed by atoms with E-state index in [1.165, 1.54) is 25.7 Å². The van der Waals surface area contributed by atoms with Crippen LogP contribution in [0.3, 0.4) is 0 Å². The molecule has 1 N–H and O–H groups in total. The molecule has 4 unspecified atom stereocenters. The first-order valence-corrected chi connectivity index (χ1v) is 8.06. The number of amides is 1. The molecular weight excluding hydrogens is 293 g/mol. The van der Waals surface area contributed by atoms with Crippen LogP contribution in [0.1, 0.15) is 43.0 Å². The van der Waals surface area contributed by atoms with Gasteiger partial charge in [0.2, 0.25) is 0 Å². The van der Waals surface area contributed by atoms with E-state index in [-0.39, 0.29) is 11.9 Å². The van der Waals surface area contributed by atoms with Gasteiger partial charge in [0.05, 0.1) is 10.6 Å². The third-order valence-electron chi connectivity index (χ3n) is 4.97. The molecule has 4 heteroatoms. The molecule has 4 atom stereocenters. The van der Waals surface area contributed by atoms with Crippen LogP contribution >= 0.6 is 23.2 Å². The molecule has 1 aromatic rings. The summed E-state index contributed by atoms with van der Waals surface area (Å²) in [6, 6.07) is 5.20. The van der Waals surface area contributed by atoms with Gasteiger partial charge >= 0.3 is 0 Å². The minimum Gasteiger partial charge on any atom is -0.349 e. The van der Waals surface area contributed by atoms with Crippen LogP contribution in [0.25, 0.3) is 0 Å². The Morgan fingerprint density at radius 3 is 2.75 bits per heavy atom. The highest BCUT2D eigenvalue weighted by Crippen LogP contribution is 2.49. The molecule has 108 valence electrons. The Labute approximate surface area is 129 Å². The lowest BCUT2D eigenvalue weighted by molar-refractivity contribution is 0.0915. The van der Waals surface area contributed by atoms with Gasteiger partial charge in [-0.3, -0.25) is 4.79 Å². The monoisotopic (exact) mass is 311 g/mol. The van der Waals surface area contributed by atoms with Crippen molar-refractivity contribution >= 4 is 29.1 Å². The number of carbonyl (C=O) groups is 1. The molecule has 0 heterocycles. The topological polar surface area (TPSA) is 29.1 Å². The van der Waals surface area contributed by atoms with E-state index in [4.69, 9.17) is 23.2 Å². The number of hydrogen-bond donors (Lipinski definition) is 1. The van der Waals surface area contributed by atoms with Crippen molar-refractivity contribution in [2.45, 2.75) is 38.6 Å². The lowest BCUT2D eigenvalue weighted by atomic mass is 9.84. The van der Waals surface area contributed by atoms with Gasteiger partial charge in [-0.2, -0.15) is 0 Å². The molecule has 2 saturated carbocycles. The Kier molecular flexibility index (Phi) is 3.96. The summed E-state index contributed by atoms with van der Waals surface area (Å²) in [5.41, 5.74) is 0.467. The highest BCUT2D eigenvalue weighted by Gasteiger charge is 2.42. The Hall–Kier alpha value is -0.730. The highest BCUT2D eigenvalue weighted by atomic mass is 35.5. The average molecular weight is 312 g/mol. The van der Waals surface area contributed by atoms with E-state index in [2.05, 4.69) is 12.2 Å². The van der Waals surface area contributed by atoms with Crippen LogP contribution in [-0.2, 0) is 0 Å². The third kappa shape index (κ3) is 2.68. The van der Waals surface area contributed by atoms with Crippen LogP contribution in [0.4, 0.5) is 0 Å². The molecule has 0 spiro atoms. The van der Waals surface area contributed by atoms with Crippen molar-refractivity contribution in [3.05, 3.63) is 33.8 Å². The first kappa shape index (κ1) is 14.2. The number of hydrogen-bond acceptors (Lipinski definition) is 1. The van der Waals surface area contributed by atoms with Gasteiger partial charge in [0.1, 0.15) is 0 Å². The fourth-order valence-corrected chi connectivity index (χ4v) is 4.34. The molecule has 20 heavy (non-hydrogen) atoms. The Morgan fingerprint density at radius 1 is 1.30 bits per heavy atom. The Bertz CT molecular complexity index is 531. The molecule has 0 saturated heterocycles. The van der Waals surface area contributed by atoms with Gasteiger partial charge in [-0.1, -0.05) is 29.6 Å². The number of carbonyl (C=O) groups excluding carboxylic acids is 1. The number of fused-ring (bicyclic) bond motifs is 2. The van der Waals surface area contributed by atoms with E-state index in [1.807, 2.05) is 0 Å². The predicted molar refractivity (Wildman–Crippen MR) is 82.3 cm³/mol. The number of benzene rings is 1. The molecular formula is C16H19Cl2NO. The number of rotatable bonds is 3. The highest BCUT2D eigenvalue weighted by molar-refractivity contribution is 6.35. The average Bonchev–Trinajstić information content (AvgIpc) is 3.03. The van der Waals surface area contributed by atoms with Gasteiger partial charge in [0, 0.05) is 11.1 Å². The van der Waals surface area contributed by atoms with Crippen LogP contribution in [0.5, 0.6) is 0 Å². The lowest BCUT2D eigenvalue weighted by Crippen LogP contribution is -2.40. The van der Waals surface area contributed by atoms with Crippen LogP contribution < -0.4 is 5.32 Å². The van der Waals surface area contributed by atoms with E-state index >= 15 is 0 Å². The van der Waals surface area contributed by atoms with Crippen LogP contribution in [-0.4, -0.2) is 11.9 Å². The maximum absolute atomic E-state index is 12.3. The van der Waals surface area contributed by atoms with Crippen LogP contribution in [0, 0.1) is 17.8 Å². The SMILES string of the molecule is CC(NC(=O)c1cc(Cl)ccc1Cl)C1CC2CCC1C2. The molecule has 1 aromatic carbocycles. The summed E-state index contributed by atoms with van der Waals surface area (Å²) in [4.78, 5) is 12.3. The Balaban J connectivity index is 1.68. The lowest BCUT2D eigenvalue weighted by Gasteiger charge is -2.28. The normalized spacial score (nSPS) is 29.4. The molecule has 0 radical (unpaired) electrons. The van der Waals surface area contributed by atoms with E-state index in [9.17, 15) is 4.79 Å². The second kappa shape index (κ2) is 5.57. The zero-order valence-corrected chi connectivity index (χ0v) is 13.0. The van der Waals surface area contributed by atoms with Gasteiger partial charge in [0.25, 0.3) is 5.91 Å². The first-order chi connectivity index (χ1) is 9.54. The van der Waals surface area contributed by atoms with Crippen molar-refractivity contribution in [1.82, 2.24) is 5.32 Å². The van der Waals surface area contributed by atoms with Crippen molar-refractivity contribution in [3.63, 3.8) is 0 Å². The summed E-state index contributed by atoms with van der Waals surface area (Å²) in [7, 11) is 0. The smallest absolute Gasteiger partial charge is 0.253 e. The summed E-state index contributed by atoms with van der Waals surface area (Å²) in [5, 5.41) is 4.09. The fraction of sp³-hybridized carbons (Fsp3) is 0.562. The van der Waals surface area contributed by atoms with Gasteiger partial charge < -0.3 is 5.32 Å². The van der Waals surface area contributed by atoms with Crippen LogP contribution in [0.2, 0.25) is 10.0 Å². The maximum Gasteiger partial charge on any atom is 0.253 e. The molecule has 0 aliphatic heterocycles. The van der Waals surface area contributed by atoms with Gasteiger partial charge in [-0.15, -0.1) is 0 Å². The van der Waals surface area contributed by atoms with Crippen LogP contribution in [0.15, 0.2) is 18.2 Å². The molecule has 1 amide bonds. The fourth-order valence-electron chi connectivity index (χ4n) is 3.97. The van der Waals surface area contributed by atoms with Crippen molar-refractivity contribution in [3.8, 4) is 0 Å². The summed E-state index contributed by atoms with van der Waals surface area (Å²) in [6.07, 6.45) is 5.31. The molecule has 2 aliphatic carbocycles.